The Balaban J connectivity index is 1.74. The second-order valence-electron chi connectivity index (χ2n) is 4.57. The van der Waals surface area contributed by atoms with Crippen LogP contribution in [0.3, 0.4) is 0 Å². The molecule has 0 saturated carbocycles. The minimum atomic E-state index is 0.392. The number of rotatable bonds is 4. The summed E-state index contributed by atoms with van der Waals surface area (Å²) in [5.74, 6) is 2.76. The Morgan fingerprint density at radius 1 is 1.10 bits per heavy atom. The lowest BCUT2D eigenvalue weighted by atomic mass is 10.2. The van der Waals surface area contributed by atoms with Crippen molar-refractivity contribution in [3.63, 3.8) is 0 Å². The van der Waals surface area contributed by atoms with E-state index in [0.29, 0.717) is 36.3 Å². The number of methoxy groups -OCH3 is 1. The van der Waals surface area contributed by atoms with E-state index in [1.807, 2.05) is 36.4 Å². The van der Waals surface area contributed by atoms with Gasteiger partial charge in [-0.25, -0.2) is 0 Å². The molecule has 0 radical (unpaired) electrons. The molecule has 110 valence electrons. The summed E-state index contributed by atoms with van der Waals surface area (Å²) in [5, 5.41) is 0.538. The van der Waals surface area contributed by atoms with Gasteiger partial charge in [0.2, 0.25) is 0 Å². The van der Waals surface area contributed by atoms with Crippen LogP contribution in [0.25, 0.3) is 0 Å². The maximum atomic E-state index is 6.20. The molecule has 0 fully saturated rings. The van der Waals surface area contributed by atoms with E-state index in [1.165, 1.54) is 0 Å². The summed E-state index contributed by atoms with van der Waals surface area (Å²) in [7, 11) is 1.62. The highest BCUT2D eigenvalue weighted by atomic mass is 35.5. The Labute approximate surface area is 128 Å². The number of ether oxygens (including phenoxy) is 4. The van der Waals surface area contributed by atoms with E-state index in [1.54, 1.807) is 7.11 Å². The Hall–Kier alpha value is -2.07. The summed E-state index contributed by atoms with van der Waals surface area (Å²) in [6.45, 7) is 1.44. The van der Waals surface area contributed by atoms with E-state index in [4.69, 9.17) is 30.5 Å². The van der Waals surface area contributed by atoms with Crippen LogP contribution in [-0.2, 0) is 6.61 Å². The van der Waals surface area contributed by atoms with Crippen LogP contribution < -0.4 is 18.9 Å². The highest BCUT2D eigenvalue weighted by Gasteiger charge is 2.16. The van der Waals surface area contributed by atoms with Crippen LogP contribution in [0, 0.1) is 0 Å². The fourth-order valence-corrected chi connectivity index (χ4v) is 2.39. The van der Waals surface area contributed by atoms with Gasteiger partial charge < -0.3 is 18.9 Å². The molecule has 0 spiro atoms. The molecule has 1 aliphatic heterocycles. The van der Waals surface area contributed by atoms with E-state index in [0.717, 1.165) is 17.1 Å². The van der Waals surface area contributed by atoms with Gasteiger partial charge >= 0.3 is 0 Å². The second kappa shape index (κ2) is 6.14. The van der Waals surface area contributed by atoms with E-state index < -0.39 is 0 Å². The second-order valence-corrected chi connectivity index (χ2v) is 4.98. The van der Waals surface area contributed by atoms with E-state index in [9.17, 15) is 0 Å². The third-order valence-electron chi connectivity index (χ3n) is 3.10. The van der Waals surface area contributed by atoms with Crippen molar-refractivity contribution in [1.29, 1.82) is 0 Å². The highest BCUT2D eigenvalue weighted by molar-refractivity contribution is 6.32. The zero-order chi connectivity index (χ0) is 14.7. The summed E-state index contributed by atoms with van der Waals surface area (Å²) < 4.78 is 21.9. The third kappa shape index (κ3) is 3.16. The fourth-order valence-electron chi connectivity index (χ4n) is 2.11. The van der Waals surface area contributed by atoms with Crippen molar-refractivity contribution in [1.82, 2.24) is 0 Å². The minimum Gasteiger partial charge on any atom is -0.497 e. The molecular weight excluding hydrogens is 292 g/mol. The first kappa shape index (κ1) is 13.9. The largest absolute Gasteiger partial charge is 0.497 e. The first-order valence-corrected chi connectivity index (χ1v) is 6.99. The van der Waals surface area contributed by atoms with Gasteiger partial charge in [0.05, 0.1) is 12.1 Å². The smallest absolute Gasteiger partial charge is 0.179 e. The monoisotopic (exact) mass is 306 g/mol. The first-order valence-electron chi connectivity index (χ1n) is 6.61. The quantitative estimate of drug-likeness (QED) is 0.863. The van der Waals surface area contributed by atoms with Crippen molar-refractivity contribution >= 4 is 11.6 Å². The number of hydrogen-bond acceptors (Lipinski definition) is 4. The molecule has 2 aromatic carbocycles. The molecule has 0 bridgehead atoms. The molecule has 4 nitrogen and oxygen atoms in total. The third-order valence-corrected chi connectivity index (χ3v) is 3.38. The standard InChI is InChI=1S/C16H15ClO4/c1-18-12-3-2-4-13(9-12)21-10-11-7-14(17)16-15(8-11)19-5-6-20-16/h2-4,7-9H,5-6,10H2,1H3. The number of halogens is 1. The van der Waals surface area contributed by atoms with Gasteiger partial charge in [0.15, 0.2) is 11.5 Å². The van der Waals surface area contributed by atoms with Crippen molar-refractivity contribution < 1.29 is 18.9 Å². The normalized spacial score (nSPS) is 12.9. The Morgan fingerprint density at radius 3 is 2.76 bits per heavy atom. The molecule has 0 amide bonds. The van der Waals surface area contributed by atoms with Gasteiger partial charge in [0.1, 0.15) is 31.3 Å². The summed E-state index contributed by atoms with van der Waals surface area (Å²) in [4.78, 5) is 0. The van der Waals surface area contributed by atoms with E-state index >= 15 is 0 Å². The van der Waals surface area contributed by atoms with Crippen LogP contribution in [0.2, 0.25) is 5.02 Å². The molecule has 1 aliphatic rings. The maximum Gasteiger partial charge on any atom is 0.179 e. The van der Waals surface area contributed by atoms with Crippen LogP contribution in [0.5, 0.6) is 23.0 Å². The zero-order valence-corrected chi connectivity index (χ0v) is 12.4. The van der Waals surface area contributed by atoms with Gasteiger partial charge in [-0.2, -0.15) is 0 Å². The number of hydrogen-bond donors (Lipinski definition) is 0. The molecule has 5 heteroatoms. The summed E-state index contributed by atoms with van der Waals surface area (Å²) in [6.07, 6.45) is 0. The summed E-state index contributed by atoms with van der Waals surface area (Å²) >= 11 is 6.20. The topological polar surface area (TPSA) is 36.9 Å². The lowest BCUT2D eigenvalue weighted by Gasteiger charge is -2.20. The molecular formula is C16H15ClO4. The molecule has 0 aromatic heterocycles. The van der Waals surface area contributed by atoms with Gasteiger partial charge in [-0.1, -0.05) is 17.7 Å². The molecule has 0 unspecified atom stereocenters. The first-order chi connectivity index (χ1) is 10.3. The SMILES string of the molecule is COc1cccc(OCc2cc(Cl)c3c(c2)OCCO3)c1. The molecule has 1 heterocycles. The summed E-state index contributed by atoms with van der Waals surface area (Å²) in [5.41, 5.74) is 0.923. The van der Waals surface area contributed by atoms with Crippen LogP contribution >= 0.6 is 11.6 Å². The van der Waals surface area contributed by atoms with Crippen LogP contribution in [0.4, 0.5) is 0 Å². The lowest BCUT2D eigenvalue weighted by Crippen LogP contribution is -2.16. The molecule has 0 saturated heterocycles. The van der Waals surface area contributed by atoms with Gasteiger partial charge in [0.25, 0.3) is 0 Å². The van der Waals surface area contributed by atoms with Crippen LogP contribution in [0.15, 0.2) is 36.4 Å². The van der Waals surface area contributed by atoms with Crippen molar-refractivity contribution in [3.8, 4) is 23.0 Å². The van der Waals surface area contributed by atoms with Gasteiger partial charge in [0, 0.05) is 6.07 Å². The van der Waals surface area contributed by atoms with Crippen LogP contribution in [0.1, 0.15) is 5.56 Å². The Bertz CT molecular complexity index is 642. The molecule has 2 aromatic rings. The summed E-state index contributed by atoms with van der Waals surface area (Å²) in [6, 6.07) is 11.2. The van der Waals surface area contributed by atoms with E-state index in [2.05, 4.69) is 0 Å². The van der Waals surface area contributed by atoms with Crippen molar-refractivity contribution in [2.75, 3.05) is 20.3 Å². The highest BCUT2D eigenvalue weighted by Crippen LogP contribution is 2.38. The predicted molar refractivity (Wildman–Crippen MR) is 79.8 cm³/mol. The van der Waals surface area contributed by atoms with Gasteiger partial charge in [-0.3, -0.25) is 0 Å². The lowest BCUT2D eigenvalue weighted by molar-refractivity contribution is 0.171. The molecule has 0 atom stereocenters. The minimum absolute atomic E-state index is 0.392. The van der Waals surface area contributed by atoms with Gasteiger partial charge in [-0.15, -0.1) is 0 Å². The zero-order valence-electron chi connectivity index (χ0n) is 11.6. The van der Waals surface area contributed by atoms with Crippen molar-refractivity contribution in [3.05, 3.63) is 47.0 Å². The Morgan fingerprint density at radius 2 is 1.90 bits per heavy atom. The van der Waals surface area contributed by atoms with Crippen molar-refractivity contribution in [2.24, 2.45) is 0 Å². The predicted octanol–water partition coefficient (Wildman–Crippen LogP) is 3.70. The fraction of sp³-hybridized carbons (Fsp3) is 0.250. The van der Waals surface area contributed by atoms with Crippen LogP contribution in [-0.4, -0.2) is 20.3 Å². The molecule has 0 aliphatic carbocycles. The average Bonchev–Trinajstić information content (AvgIpc) is 2.53. The van der Waals surface area contributed by atoms with E-state index in [-0.39, 0.29) is 0 Å². The number of fused-ring (bicyclic) bond motifs is 1. The maximum absolute atomic E-state index is 6.20. The van der Waals surface area contributed by atoms with Crippen molar-refractivity contribution in [2.45, 2.75) is 6.61 Å². The Kier molecular flexibility index (Phi) is 4.06. The molecule has 0 N–H and O–H groups in total. The van der Waals surface area contributed by atoms with Gasteiger partial charge in [-0.05, 0) is 29.8 Å². The average molecular weight is 307 g/mol. The molecule has 3 rings (SSSR count). The number of benzene rings is 2. The molecule has 21 heavy (non-hydrogen) atoms.